The maximum absolute atomic E-state index is 10.3. The molecule has 0 aromatic heterocycles. The topological polar surface area (TPSA) is 62.2 Å². The van der Waals surface area contributed by atoms with Gasteiger partial charge >= 0.3 is 0 Å². The van der Waals surface area contributed by atoms with Crippen LogP contribution in [0.25, 0.3) is 0 Å². The van der Waals surface area contributed by atoms with Crippen LogP contribution in [-0.4, -0.2) is 54.1 Å². The van der Waals surface area contributed by atoms with Crippen LogP contribution in [0.3, 0.4) is 0 Å². The molecule has 0 saturated heterocycles. The van der Waals surface area contributed by atoms with Crippen molar-refractivity contribution in [2.24, 2.45) is 0 Å². The Labute approximate surface area is 136 Å². The van der Waals surface area contributed by atoms with Gasteiger partial charge in [-0.2, -0.15) is 0 Å². The molecule has 5 nitrogen and oxygen atoms in total. The summed E-state index contributed by atoms with van der Waals surface area (Å²) in [4.78, 5) is 2.29. The Morgan fingerprint density at radius 1 is 1.43 bits per heavy atom. The van der Waals surface area contributed by atoms with Crippen molar-refractivity contribution in [3.05, 3.63) is 35.4 Å². The summed E-state index contributed by atoms with van der Waals surface area (Å²) in [6.45, 7) is 1.62. The van der Waals surface area contributed by atoms with E-state index >= 15 is 0 Å². The molecule has 124 valence electrons. The van der Waals surface area contributed by atoms with E-state index in [0.29, 0.717) is 12.2 Å². The molecule has 2 N–H and O–H groups in total. The first-order valence-corrected chi connectivity index (χ1v) is 8.11. The molecule has 1 aromatic rings. The molecule has 1 aromatic carbocycles. The molecular formula is C18H23NO4. The van der Waals surface area contributed by atoms with E-state index < -0.39 is 17.1 Å². The Kier molecular flexibility index (Phi) is 3.24. The van der Waals surface area contributed by atoms with Gasteiger partial charge in [-0.15, -0.1) is 0 Å². The van der Waals surface area contributed by atoms with Crippen molar-refractivity contribution in [3.8, 4) is 11.5 Å². The normalized spacial score (nSPS) is 35.2. The molecule has 1 aliphatic carbocycles. The van der Waals surface area contributed by atoms with Crippen LogP contribution < -0.4 is 9.47 Å². The van der Waals surface area contributed by atoms with Gasteiger partial charge in [0, 0.05) is 18.5 Å². The number of benzene rings is 1. The summed E-state index contributed by atoms with van der Waals surface area (Å²) in [6, 6.07) is 4.03. The highest BCUT2D eigenvalue weighted by Crippen LogP contribution is 2.60. The molecule has 0 saturated carbocycles. The molecule has 2 heterocycles. The molecule has 4 rings (SSSR count). The summed E-state index contributed by atoms with van der Waals surface area (Å²) in [5, 5.41) is 20.4. The van der Waals surface area contributed by atoms with E-state index in [2.05, 4.69) is 24.1 Å². The lowest BCUT2D eigenvalue weighted by Gasteiger charge is -2.45. The number of ether oxygens (including phenoxy) is 2. The van der Waals surface area contributed by atoms with Crippen molar-refractivity contribution in [3.63, 3.8) is 0 Å². The molecule has 3 aliphatic rings. The van der Waals surface area contributed by atoms with E-state index in [1.165, 1.54) is 5.56 Å². The lowest BCUT2D eigenvalue weighted by Crippen LogP contribution is -2.57. The standard InChI is InChI=1S/C18H23NO4/c1-19-8-7-17-6-5-13(21)9-18(17,11-20)23-16-14(22-2)4-3-12(10-19)15(16)17/h3-6,13,20-21H,7-11H2,1-2H3/t13?,17-,18-/m1/s1. The fourth-order valence-corrected chi connectivity index (χ4v) is 4.55. The largest absolute Gasteiger partial charge is 0.493 e. The lowest BCUT2D eigenvalue weighted by atomic mass is 9.61. The van der Waals surface area contributed by atoms with Crippen molar-refractivity contribution in [1.82, 2.24) is 4.90 Å². The summed E-state index contributed by atoms with van der Waals surface area (Å²) in [6.07, 6.45) is 4.55. The van der Waals surface area contributed by atoms with Crippen molar-refractivity contribution >= 4 is 0 Å². The van der Waals surface area contributed by atoms with Gasteiger partial charge in [-0.3, -0.25) is 0 Å². The van der Waals surface area contributed by atoms with E-state index in [-0.39, 0.29) is 6.61 Å². The molecule has 0 bridgehead atoms. The third-order valence-corrected chi connectivity index (χ3v) is 5.71. The second kappa shape index (κ2) is 4.97. The molecule has 0 fully saturated rings. The Morgan fingerprint density at radius 3 is 3.00 bits per heavy atom. The molecule has 2 aliphatic heterocycles. The maximum Gasteiger partial charge on any atom is 0.166 e. The van der Waals surface area contributed by atoms with Crippen molar-refractivity contribution in [1.29, 1.82) is 0 Å². The summed E-state index contributed by atoms with van der Waals surface area (Å²) in [5.74, 6) is 1.42. The number of aliphatic hydroxyl groups excluding tert-OH is 2. The Bertz CT molecular complexity index is 673. The van der Waals surface area contributed by atoms with Crippen LogP contribution in [-0.2, 0) is 12.0 Å². The summed E-state index contributed by atoms with van der Waals surface area (Å²) in [5.41, 5.74) is 1.10. The minimum atomic E-state index is -0.821. The smallest absolute Gasteiger partial charge is 0.166 e. The Balaban J connectivity index is 2.02. The molecule has 23 heavy (non-hydrogen) atoms. The van der Waals surface area contributed by atoms with Gasteiger partial charge in [0.1, 0.15) is 5.60 Å². The monoisotopic (exact) mass is 317 g/mol. The molecule has 5 heteroatoms. The van der Waals surface area contributed by atoms with Gasteiger partial charge in [-0.25, -0.2) is 0 Å². The van der Waals surface area contributed by atoms with Crippen LogP contribution in [0.4, 0.5) is 0 Å². The van der Waals surface area contributed by atoms with Gasteiger partial charge in [-0.05, 0) is 31.6 Å². The van der Waals surface area contributed by atoms with Crippen LogP contribution in [0.1, 0.15) is 24.0 Å². The number of nitrogens with zero attached hydrogens (tertiary/aromatic N) is 1. The second-order valence-electron chi connectivity index (χ2n) is 6.98. The van der Waals surface area contributed by atoms with Crippen LogP contribution in [0.2, 0.25) is 0 Å². The van der Waals surface area contributed by atoms with Gasteiger partial charge in [-0.1, -0.05) is 18.2 Å². The molecule has 3 atom stereocenters. The molecule has 0 radical (unpaired) electrons. The number of hydrogen-bond acceptors (Lipinski definition) is 5. The maximum atomic E-state index is 10.3. The highest BCUT2D eigenvalue weighted by molar-refractivity contribution is 5.62. The fraction of sp³-hybridized carbons (Fsp3) is 0.556. The predicted octanol–water partition coefficient (Wildman–Crippen LogP) is 1.21. The van der Waals surface area contributed by atoms with Crippen LogP contribution in [0.15, 0.2) is 24.3 Å². The number of aliphatic hydroxyl groups is 2. The minimum Gasteiger partial charge on any atom is -0.493 e. The first-order valence-electron chi connectivity index (χ1n) is 8.11. The Morgan fingerprint density at radius 2 is 2.26 bits per heavy atom. The van der Waals surface area contributed by atoms with E-state index in [1.807, 2.05) is 12.1 Å². The lowest BCUT2D eigenvalue weighted by molar-refractivity contribution is -0.0551. The van der Waals surface area contributed by atoms with Crippen molar-refractivity contribution < 1.29 is 19.7 Å². The predicted molar refractivity (Wildman–Crippen MR) is 85.8 cm³/mol. The van der Waals surface area contributed by atoms with Gasteiger partial charge in [0.15, 0.2) is 11.5 Å². The summed E-state index contributed by atoms with van der Waals surface area (Å²) in [7, 11) is 3.74. The summed E-state index contributed by atoms with van der Waals surface area (Å²) < 4.78 is 11.9. The molecule has 1 spiro atoms. The highest BCUT2D eigenvalue weighted by atomic mass is 16.5. The molecule has 0 amide bonds. The van der Waals surface area contributed by atoms with E-state index in [0.717, 1.165) is 30.8 Å². The number of methoxy groups -OCH3 is 1. The first-order chi connectivity index (χ1) is 11.0. The van der Waals surface area contributed by atoms with Crippen molar-refractivity contribution in [2.75, 3.05) is 27.3 Å². The zero-order valence-electron chi connectivity index (χ0n) is 13.6. The quantitative estimate of drug-likeness (QED) is 0.803. The van der Waals surface area contributed by atoms with Crippen LogP contribution in [0.5, 0.6) is 11.5 Å². The first kappa shape index (κ1) is 15.0. The van der Waals surface area contributed by atoms with Gasteiger partial charge in [0.25, 0.3) is 0 Å². The van der Waals surface area contributed by atoms with E-state index in [9.17, 15) is 10.2 Å². The van der Waals surface area contributed by atoms with E-state index in [1.54, 1.807) is 7.11 Å². The average molecular weight is 317 g/mol. The van der Waals surface area contributed by atoms with Gasteiger partial charge in [0.05, 0.1) is 25.2 Å². The third kappa shape index (κ3) is 1.84. The fourth-order valence-electron chi connectivity index (χ4n) is 4.55. The zero-order chi connectivity index (χ0) is 16.2. The third-order valence-electron chi connectivity index (χ3n) is 5.71. The van der Waals surface area contributed by atoms with Gasteiger partial charge in [0.2, 0.25) is 0 Å². The summed E-state index contributed by atoms with van der Waals surface area (Å²) >= 11 is 0. The van der Waals surface area contributed by atoms with Crippen LogP contribution in [0, 0.1) is 0 Å². The second-order valence-corrected chi connectivity index (χ2v) is 6.98. The minimum absolute atomic E-state index is 0.130. The van der Waals surface area contributed by atoms with Crippen LogP contribution >= 0.6 is 0 Å². The van der Waals surface area contributed by atoms with E-state index in [4.69, 9.17) is 9.47 Å². The SMILES string of the molecule is COc1ccc2c3c1O[C@@]1(CO)CC(O)C=C[C@@]31CCN(C)C2. The number of hydrogen-bond donors (Lipinski definition) is 2. The molecule has 1 unspecified atom stereocenters. The molecular weight excluding hydrogens is 294 g/mol. The Hall–Kier alpha value is -1.56. The zero-order valence-corrected chi connectivity index (χ0v) is 13.6. The number of rotatable bonds is 2. The highest BCUT2D eigenvalue weighted by Gasteiger charge is 2.62. The average Bonchev–Trinajstić information content (AvgIpc) is 2.75. The van der Waals surface area contributed by atoms with Crippen molar-refractivity contribution in [2.45, 2.75) is 36.5 Å². The van der Waals surface area contributed by atoms with Gasteiger partial charge < -0.3 is 24.6 Å².